The SMILES string of the molecule is CNc1nc(-c2sc(OCCOCc3ccccc3)nc2C)cs1. The summed E-state index contributed by atoms with van der Waals surface area (Å²) < 4.78 is 11.3. The molecule has 1 N–H and O–H groups in total. The highest BCUT2D eigenvalue weighted by Gasteiger charge is 2.13. The average molecular weight is 361 g/mol. The van der Waals surface area contributed by atoms with Gasteiger partial charge in [-0.3, -0.25) is 0 Å². The summed E-state index contributed by atoms with van der Waals surface area (Å²) in [6, 6.07) is 10.1. The van der Waals surface area contributed by atoms with E-state index in [2.05, 4.69) is 15.3 Å². The van der Waals surface area contributed by atoms with Gasteiger partial charge in [-0.05, 0) is 12.5 Å². The molecule has 7 heteroatoms. The van der Waals surface area contributed by atoms with Gasteiger partial charge in [-0.25, -0.2) is 9.97 Å². The Morgan fingerprint density at radius 2 is 1.96 bits per heavy atom. The predicted molar refractivity (Wildman–Crippen MR) is 99.1 cm³/mol. The minimum Gasteiger partial charge on any atom is -0.468 e. The molecule has 5 nitrogen and oxygen atoms in total. The van der Waals surface area contributed by atoms with Gasteiger partial charge in [-0.1, -0.05) is 41.7 Å². The minimum absolute atomic E-state index is 0.484. The summed E-state index contributed by atoms with van der Waals surface area (Å²) in [7, 11) is 1.87. The van der Waals surface area contributed by atoms with E-state index in [1.807, 2.05) is 49.7 Å². The second kappa shape index (κ2) is 8.23. The van der Waals surface area contributed by atoms with E-state index in [1.54, 1.807) is 11.3 Å². The first-order valence-electron chi connectivity index (χ1n) is 7.62. The van der Waals surface area contributed by atoms with E-state index >= 15 is 0 Å². The molecule has 0 saturated carbocycles. The zero-order valence-corrected chi connectivity index (χ0v) is 15.2. The number of hydrogen-bond donors (Lipinski definition) is 1. The third kappa shape index (κ3) is 4.31. The predicted octanol–water partition coefficient (Wildman–Crippen LogP) is 4.21. The summed E-state index contributed by atoms with van der Waals surface area (Å²) in [5.41, 5.74) is 3.04. The van der Waals surface area contributed by atoms with Crippen LogP contribution in [0.5, 0.6) is 5.19 Å². The van der Waals surface area contributed by atoms with Crippen LogP contribution in [0, 0.1) is 6.92 Å². The molecule has 0 bridgehead atoms. The van der Waals surface area contributed by atoms with E-state index < -0.39 is 0 Å². The molecule has 0 atom stereocenters. The molecule has 0 amide bonds. The fourth-order valence-corrected chi connectivity index (χ4v) is 3.76. The standard InChI is InChI=1S/C17H19N3O2S2/c1-12-15(14-11-23-16(18-2)20-14)24-17(19-12)22-9-8-21-10-13-6-4-3-5-7-13/h3-7,11H,8-10H2,1-2H3,(H,18,20). The smallest absolute Gasteiger partial charge is 0.274 e. The van der Waals surface area contributed by atoms with Crippen molar-refractivity contribution in [1.29, 1.82) is 0 Å². The maximum atomic E-state index is 5.70. The quantitative estimate of drug-likeness (QED) is 0.609. The number of thiazole rings is 2. The molecule has 3 rings (SSSR count). The van der Waals surface area contributed by atoms with Crippen LogP contribution >= 0.6 is 22.7 Å². The molecular formula is C17H19N3O2S2. The Morgan fingerprint density at radius 1 is 1.12 bits per heavy atom. The first-order chi connectivity index (χ1) is 11.8. The molecule has 0 aliphatic rings. The number of anilines is 1. The molecule has 0 aliphatic heterocycles. The number of hydrogen-bond acceptors (Lipinski definition) is 7. The number of nitrogens with one attached hydrogen (secondary N) is 1. The van der Waals surface area contributed by atoms with Crippen molar-refractivity contribution in [2.24, 2.45) is 0 Å². The Labute approximate surface area is 149 Å². The molecule has 0 fully saturated rings. The molecule has 1 aromatic carbocycles. The van der Waals surface area contributed by atoms with Crippen molar-refractivity contribution in [3.05, 3.63) is 47.0 Å². The summed E-state index contributed by atoms with van der Waals surface area (Å²) in [4.78, 5) is 10.0. The second-order valence-electron chi connectivity index (χ2n) is 5.07. The van der Waals surface area contributed by atoms with Crippen LogP contribution in [0.25, 0.3) is 10.6 Å². The molecule has 2 heterocycles. The van der Waals surface area contributed by atoms with Gasteiger partial charge in [-0.15, -0.1) is 11.3 Å². The molecular weight excluding hydrogens is 342 g/mol. The van der Waals surface area contributed by atoms with Gasteiger partial charge in [0, 0.05) is 12.4 Å². The van der Waals surface area contributed by atoms with E-state index in [9.17, 15) is 0 Å². The molecule has 0 saturated heterocycles. The molecule has 0 spiro atoms. The summed E-state index contributed by atoms with van der Waals surface area (Å²) in [6.07, 6.45) is 0. The van der Waals surface area contributed by atoms with Crippen LogP contribution in [-0.4, -0.2) is 30.2 Å². The van der Waals surface area contributed by atoms with Gasteiger partial charge in [0.1, 0.15) is 6.61 Å². The van der Waals surface area contributed by atoms with Gasteiger partial charge in [0.05, 0.1) is 29.5 Å². The Bertz CT molecular complexity index is 771. The van der Waals surface area contributed by atoms with Gasteiger partial charge < -0.3 is 14.8 Å². The van der Waals surface area contributed by atoms with Crippen LogP contribution in [0.3, 0.4) is 0 Å². The van der Waals surface area contributed by atoms with Crippen molar-refractivity contribution >= 4 is 27.8 Å². The van der Waals surface area contributed by atoms with Crippen molar-refractivity contribution < 1.29 is 9.47 Å². The first-order valence-corrected chi connectivity index (χ1v) is 9.31. The topological polar surface area (TPSA) is 56.3 Å². The van der Waals surface area contributed by atoms with Crippen molar-refractivity contribution in [3.63, 3.8) is 0 Å². The summed E-state index contributed by atoms with van der Waals surface area (Å²) in [5, 5.41) is 6.63. The lowest BCUT2D eigenvalue weighted by Crippen LogP contribution is -2.06. The van der Waals surface area contributed by atoms with Crippen LogP contribution in [0.4, 0.5) is 5.13 Å². The van der Waals surface area contributed by atoms with Crippen LogP contribution in [-0.2, 0) is 11.3 Å². The van der Waals surface area contributed by atoms with E-state index in [0.29, 0.717) is 25.0 Å². The minimum atomic E-state index is 0.484. The van der Waals surface area contributed by atoms with Crippen LogP contribution < -0.4 is 10.1 Å². The molecule has 0 aliphatic carbocycles. The van der Waals surface area contributed by atoms with Gasteiger partial charge in [0.15, 0.2) is 5.13 Å². The molecule has 0 unspecified atom stereocenters. The van der Waals surface area contributed by atoms with E-state index in [0.717, 1.165) is 27.0 Å². The lowest BCUT2D eigenvalue weighted by atomic mass is 10.2. The van der Waals surface area contributed by atoms with E-state index in [1.165, 1.54) is 11.3 Å². The molecule has 126 valence electrons. The van der Waals surface area contributed by atoms with Gasteiger partial charge in [0.2, 0.25) is 0 Å². The molecule has 24 heavy (non-hydrogen) atoms. The first kappa shape index (κ1) is 16.9. The lowest BCUT2D eigenvalue weighted by Gasteiger charge is -2.04. The third-order valence-corrected chi connectivity index (χ3v) is 5.24. The van der Waals surface area contributed by atoms with Crippen molar-refractivity contribution in [1.82, 2.24) is 9.97 Å². The number of nitrogens with zero attached hydrogens (tertiary/aromatic N) is 2. The Balaban J connectivity index is 1.48. The zero-order chi connectivity index (χ0) is 16.8. The van der Waals surface area contributed by atoms with Gasteiger partial charge >= 0.3 is 0 Å². The Kier molecular flexibility index (Phi) is 5.79. The second-order valence-corrected chi connectivity index (χ2v) is 6.89. The molecule has 3 aromatic rings. The number of benzene rings is 1. The Hall–Kier alpha value is -1.96. The summed E-state index contributed by atoms with van der Waals surface area (Å²) >= 11 is 3.10. The van der Waals surface area contributed by atoms with E-state index in [-0.39, 0.29) is 0 Å². The van der Waals surface area contributed by atoms with Gasteiger partial charge in [0.25, 0.3) is 5.19 Å². The number of aromatic nitrogens is 2. The monoisotopic (exact) mass is 361 g/mol. The fraction of sp³-hybridized carbons (Fsp3) is 0.294. The van der Waals surface area contributed by atoms with Gasteiger partial charge in [-0.2, -0.15) is 0 Å². The average Bonchev–Trinajstić information content (AvgIpc) is 3.22. The van der Waals surface area contributed by atoms with Crippen LogP contribution in [0.2, 0.25) is 0 Å². The van der Waals surface area contributed by atoms with Crippen molar-refractivity contribution in [3.8, 4) is 15.8 Å². The normalized spacial score (nSPS) is 10.8. The van der Waals surface area contributed by atoms with E-state index in [4.69, 9.17) is 9.47 Å². The van der Waals surface area contributed by atoms with Crippen LogP contribution in [0.15, 0.2) is 35.7 Å². The maximum absolute atomic E-state index is 5.70. The lowest BCUT2D eigenvalue weighted by molar-refractivity contribution is 0.0888. The maximum Gasteiger partial charge on any atom is 0.274 e. The highest BCUT2D eigenvalue weighted by molar-refractivity contribution is 7.18. The Morgan fingerprint density at radius 3 is 2.71 bits per heavy atom. The third-order valence-electron chi connectivity index (χ3n) is 3.29. The number of aryl methyl sites for hydroxylation is 1. The van der Waals surface area contributed by atoms with Crippen molar-refractivity contribution in [2.45, 2.75) is 13.5 Å². The molecule has 2 aromatic heterocycles. The number of ether oxygens (including phenoxy) is 2. The van der Waals surface area contributed by atoms with Crippen molar-refractivity contribution in [2.75, 3.05) is 25.6 Å². The fourth-order valence-electron chi connectivity index (χ4n) is 2.12. The highest BCUT2D eigenvalue weighted by atomic mass is 32.1. The zero-order valence-electron chi connectivity index (χ0n) is 13.6. The highest BCUT2D eigenvalue weighted by Crippen LogP contribution is 2.35. The number of rotatable bonds is 8. The molecule has 0 radical (unpaired) electrons. The summed E-state index contributed by atoms with van der Waals surface area (Å²) in [6.45, 7) is 3.59. The summed E-state index contributed by atoms with van der Waals surface area (Å²) in [5.74, 6) is 0. The largest absolute Gasteiger partial charge is 0.468 e. The van der Waals surface area contributed by atoms with Crippen LogP contribution in [0.1, 0.15) is 11.3 Å².